The standard InChI is InChI=1S/C8H5ClF2/c1-2-5-7(10)4-3-6(9)8(5)11/h2-4H,1H2. The molecule has 0 amide bonds. The van der Waals surface area contributed by atoms with Crippen LogP contribution in [-0.2, 0) is 0 Å². The van der Waals surface area contributed by atoms with E-state index in [0.717, 1.165) is 12.1 Å². The van der Waals surface area contributed by atoms with Crippen molar-refractivity contribution in [2.45, 2.75) is 0 Å². The topological polar surface area (TPSA) is 0 Å². The zero-order valence-electron chi connectivity index (χ0n) is 5.57. The maximum absolute atomic E-state index is 12.8. The van der Waals surface area contributed by atoms with E-state index in [1.165, 1.54) is 6.07 Å². The highest BCUT2D eigenvalue weighted by atomic mass is 35.5. The molecular formula is C8H5ClF2. The molecule has 0 radical (unpaired) electrons. The highest BCUT2D eigenvalue weighted by Gasteiger charge is 2.08. The van der Waals surface area contributed by atoms with Crippen LogP contribution in [0.15, 0.2) is 18.7 Å². The summed E-state index contributed by atoms with van der Waals surface area (Å²) < 4.78 is 25.5. The SMILES string of the molecule is C=Cc1c(F)ccc(Cl)c1F. The Bertz CT molecular complexity index is 294. The van der Waals surface area contributed by atoms with Gasteiger partial charge in [-0.15, -0.1) is 0 Å². The van der Waals surface area contributed by atoms with Gasteiger partial charge in [0.2, 0.25) is 0 Å². The van der Waals surface area contributed by atoms with Gasteiger partial charge in [0.25, 0.3) is 0 Å². The third-order valence-electron chi connectivity index (χ3n) is 1.28. The maximum Gasteiger partial charge on any atom is 0.151 e. The van der Waals surface area contributed by atoms with E-state index < -0.39 is 11.6 Å². The van der Waals surface area contributed by atoms with Gasteiger partial charge in [-0.25, -0.2) is 8.78 Å². The van der Waals surface area contributed by atoms with Crippen molar-refractivity contribution in [3.8, 4) is 0 Å². The average Bonchev–Trinajstić information content (AvgIpc) is 1.99. The van der Waals surface area contributed by atoms with Gasteiger partial charge in [0, 0.05) is 5.56 Å². The zero-order chi connectivity index (χ0) is 8.43. The second kappa shape index (κ2) is 3.01. The predicted molar refractivity (Wildman–Crippen MR) is 41.5 cm³/mol. The highest BCUT2D eigenvalue weighted by Crippen LogP contribution is 2.21. The number of benzene rings is 1. The minimum absolute atomic E-state index is 0.0960. The fraction of sp³-hybridized carbons (Fsp3) is 0. The Morgan fingerprint density at radius 1 is 1.36 bits per heavy atom. The molecule has 1 rings (SSSR count). The van der Waals surface area contributed by atoms with Gasteiger partial charge < -0.3 is 0 Å². The molecule has 0 saturated heterocycles. The third kappa shape index (κ3) is 1.40. The molecule has 0 nitrogen and oxygen atoms in total. The highest BCUT2D eigenvalue weighted by molar-refractivity contribution is 6.30. The molecular weight excluding hydrogens is 170 g/mol. The Labute approximate surface area is 68.1 Å². The molecule has 0 saturated carbocycles. The maximum atomic E-state index is 12.8. The molecule has 0 aliphatic heterocycles. The van der Waals surface area contributed by atoms with E-state index in [-0.39, 0.29) is 10.6 Å². The Morgan fingerprint density at radius 2 is 2.00 bits per heavy atom. The minimum Gasteiger partial charge on any atom is -0.206 e. The van der Waals surface area contributed by atoms with Crippen LogP contribution >= 0.6 is 11.6 Å². The molecule has 3 heteroatoms. The van der Waals surface area contributed by atoms with Gasteiger partial charge in [-0.2, -0.15) is 0 Å². The Balaban J connectivity index is 3.40. The number of hydrogen-bond donors (Lipinski definition) is 0. The summed E-state index contributed by atoms with van der Waals surface area (Å²) in [5.41, 5.74) is -0.183. The van der Waals surface area contributed by atoms with Gasteiger partial charge in [-0.05, 0) is 12.1 Å². The lowest BCUT2D eigenvalue weighted by Crippen LogP contribution is -1.88. The molecule has 0 aliphatic carbocycles. The summed E-state index contributed by atoms with van der Waals surface area (Å²) in [6.07, 6.45) is 1.09. The first-order valence-corrected chi connectivity index (χ1v) is 3.30. The van der Waals surface area contributed by atoms with Crippen LogP contribution < -0.4 is 0 Å². The van der Waals surface area contributed by atoms with Crippen LogP contribution in [0.25, 0.3) is 6.08 Å². The molecule has 0 fully saturated rings. The van der Waals surface area contributed by atoms with Crippen molar-refractivity contribution >= 4 is 17.7 Å². The molecule has 0 heterocycles. The molecule has 58 valence electrons. The van der Waals surface area contributed by atoms with Crippen LogP contribution in [0, 0.1) is 11.6 Å². The Hall–Kier alpha value is -0.890. The van der Waals surface area contributed by atoms with Gasteiger partial charge in [0.05, 0.1) is 5.02 Å². The first-order valence-electron chi connectivity index (χ1n) is 2.92. The smallest absolute Gasteiger partial charge is 0.151 e. The van der Waals surface area contributed by atoms with Crippen LogP contribution in [0.4, 0.5) is 8.78 Å². The summed E-state index contributed by atoms with van der Waals surface area (Å²) in [5.74, 6) is -1.41. The molecule has 0 bridgehead atoms. The second-order valence-corrected chi connectivity index (χ2v) is 2.37. The normalized spacial score (nSPS) is 9.73. The van der Waals surface area contributed by atoms with Crippen molar-refractivity contribution in [1.29, 1.82) is 0 Å². The molecule has 1 aromatic rings. The summed E-state index contributed by atoms with van der Waals surface area (Å²) in [7, 11) is 0. The van der Waals surface area contributed by atoms with Gasteiger partial charge in [-0.1, -0.05) is 24.3 Å². The lowest BCUT2D eigenvalue weighted by molar-refractivity contribution is 0.579. The van der Waals surface area contributed by atoms with Crippen molar-refractivity contribution in [3.05, 3.63) is 40.9 Å². The summed E-state index contributed by atoms with van der Waals surface area (Å²) in [6.45, 7) is 3.26. The first-order chi connectivity index (χ1) is 5.16. The van der Waals surface area contributed by atoms with E-state index in [0.29, 0.717) is 0 Å². The first kappa shape index (κ1) is 8.21. The molecule has 0 spiro atoms. The van der Waals surface area contributed by atoms with Crippen LogP contribution in [0.3, 0.4) is 0 Å². The van der Waals surface area contributed by atoms with E-state index in [1.54, 1.807) is 0 Å². The molecule has 0 unspecified atom stereocenters. The van der Waals surface area contributed by atoms with Gasteiger partial charge in [0.15, 0.2) is 5.82 Å². The summed E-state index contributed by atoms with van der Waals surface area (Å²) >= 11 is 5.38. The van der Waals surface area contributed by atoms with E-state index in [9.17, 15) is 8.78 Å². The van der Waals surface area contributed by atoms with Crippen molar-refractivity contribution in [1.82, 2.24) is 0 Å². The molecule has 1 aromatic carbocycles. The Kier molecular flexibility index (Phi) is 2.25. The van der Waals surface area contributed by atoms with E-state index >= 15 is 0 Å². The van der Waals surface area contributed by atoms with Crippen molar-refractivity contribution in [3.63, 3.8) is 0 Å². The minimum atomic E-state index is -0.762. The van der Waals surface area contributed by atoms with Gasteiger partial charge in [0.1, 0.15) is 5.82 Å². The van der Waals surface area contributed by atoms with E-state index in [1.807, 2.05) is 0 Å². The average molecular weight is 175 g/mol. The predicted octanol–water partition coefficient (Wildman–Crippen LogP) is 3.26. The number of rotatable bonds is 1. The molecule has 0 aromatic heterocycles. The quantitative estimate of drug-likeness (QED) is 0.574. The van der Waals surface area contributed by atoms with Crippen molar-refractivity contribution in [2.75, 3.05) is 0 Å². The van der Waals surface area contributed by atoms with Gasteiger partial charge in [-0.3, -0.25) is 0 Å². The molecule has 0 atom stereocenters. The summed E-state index contributed by atoms with van der Waals surface area (Å²) in [5, 5.41) is -0.0960. The lowest BCUT2D eigenvalue weighted by atomic mass is 10.2. The molecule has 11 heavy (non-hydrogen) atoms. The fourth-order valence-corrected chi connectivity index (χ4v) is 0.895. The fourth-order valence-electron chi connectivity index (χ4n) is 0.730. The van der Waals surface area contributed by atoms with Crippen LogP contribution in [0.2, 0.25) is 5.02 Å². The van der Waals surface area contributed by atoms with E-state index in [2.05, 4.69) is 6.58 Å². The number of halogens is 3. The monoisotopic (exact) mass is 174 g/mol. The van der Waals surface area contributed by atoms with E-state index in [4.69, 9.17) is 11.6 Å². The van der Waals surface area contributed by atoms with Crippen LogP contribution in [0.1, 0.15) is 5.56 Å². The summed E-state index contributed by atoms with van der Waals surface area (Å²) in [4.78, 5) is 0. The lowest BCUT2D eigenvalue weighted by Gasteiger charge is -1.99. The third-order valence-corrected chi connectivity index (χ3v) is 1.58. The zero-order valence-corrected chi connectivity index (χ0v) is 6.33. The summed E-state index contributed by atoms with van der Waals surface area (Å²) in [6, 6.07) is 2.27. The van der Waals surface area contributed by atoms with Crippen LogP contribution in [-0.4, -0.2) is 0 Å². The second-order valence-electron chi connectivity index (χ2n) is 1.96. The van der Waals surface area contributed by atoms with Crippen molar-refractivity contribution < 1.29 is 8.78 Å². The Morgan fingerprint density at radius 3 is 2.45 bits per heavy atom. The van der Waals surface area contributed by atoms with Crippen molar-refractivity contribution in [2.24, 2.45) is 0 Å². The number of hydrogen-bond acceptors (Lipinski definition) is 0. The molecule has 0 N–H and O–H groups in total. The largest absolute Gasteiger partial charge is 0.206 e. The van der Waals surface area contributed by atoms with Gasteiger partial charge >= 0.3 is 0 Å². The van der Waals surface area contributed by atoms with Crippen LogP contribution in [0.5, 0.6) is 0 Å². The molecule has 0 aliphatic rings.